The van der Waals surface area contributed by atoms with Crippen molar-refractivity contribution < 1.29 is 13.9 Å². The standard InChI is InChI=1S/C21H15NO4/c1-25-13-7-9-17-19(11-13)26-18-10-12(23)6-8-16(18)20(17)14-4-2-3-5-15(14)21(22)24/h2-11H,1H3,(H2,22,24). The number of fused-ring (bicyclic) bond motifs is 2. The molecule has 2 aliphatic rings. The Labute approximate surface area is 149 Å². The zero-order valence-electron chi connectivity index (χ0n) is 14.0. The summed E-state index contributed by atoms with van der Waals surface area (Å²) >= 11 is 0. The van der Waals surface area contributed by atoms with E-state index in [1.54, 1.807) is 31.4 Å². The van der Waals surface area contributed by atoms with Gasteiger partial charge < -0.3 is 14.9 Å². The number of ether oxygens (including phenoxy) is 1. The van der Waals surface area contributed by atoms with Gasteiger partial charge in [-0.15, -0.1) is 0 Å². The average molecular weight is 345 g/mol. The molecule has 0 bridgehead atoms. The molecule has 0 saturated carbocycles. The van der Waals surface area contributed by atoms with Crippen LogP contribution in [0.5, 0.6) is 5.75 Å². The number of carbonyl (C=O) groups excluding carboxylic acids is 1. The number of methoxy groups -OCH3 is 1. The second kappa shape index (κ2) is 6.04. The molecule has 0 unspecified atom stereocenters. The Morgan fingerprint density at radius 1 is 1.00 bits per heavy atom. The molecule has 1 amide bonds. The summed E-state index contributed by atoms with van der Waals surface area (Å²) in [5.41, 5.74) is 8.59. The van der Waals surface area contributed by atoms with Crippen molar-refractivity contribution in [1.82, 2.24) is 0 Å². The molecule has 5 nitrogen and oxygen atoms in total. The van der Waals surface area contributed by atoms with Crippen molar-refractivity contribution in [2.45, 2.75) is 0 Å². The van der Waals surface area contributed by atoms with Crippen LogP contribution in [0.3, 0.4) is 0 Å². The van der Waals surface area contributed by atoms with Gasteiger partial charge in [-0.3, -0.25) is 9.59 Å². The van der Waals surface area contributed by atoms with Crippen LogP contribution in [-0.2, 0) is 0 Å². The van der Waals surface area contributed by atoms with Gasteiger partial charge in [-0.1, -0.05) is 18.2 Å². The third-order valence-corrected chi connectivity index (χ3v) is 4.36. The quantitative estimate of drug-likeness (QED) is 0.574. The van der Waals surface area contributed by atoms with Gasteiger partial charge in [0.2, 0.25) is 5.91 Å². The molecule has 0 radical (unpaired) electrons. The first-order chi connectivity index (χ1) is 12.6. The van der Waals surface area contributed by atoms with Gasteiger partial charge in [0.05, 0.1) is 7.11 Å². The molecule has 26 heavy (non-hydrogen) atoms. The van der Waals surface area contributed by atoms with Crippen molar-refractivity contribution in [3.05, 3.63) is 76.5 Å². The Balaban J connectivity index is 2.19. The lowest BCUT2D eigenvalue weighted by molar-refractivity contribution is 0.100. The van der Waals surface area contributed by atoms with Crippen molar-refractivity contribution in [3.63, 3.8) is 0 Å². The Morgan fingerprint density at radius 3 is 2.58 bits per heavy atom. The highest BCUT2D eigenvalue weighted by Crippen LogP contribution is 2.41. The van der Waals surface area contributed by atoms with E-state index < -0.39 is 5.91 Å². The molecule has 0 aromatic heterocycles. The predicted molar refractivity (Wildman–Crippen MR) is 99.6 cm³/mol. The van der Waals surface area contributed by atoms with Gasteiger partial charge in [0.15, 0.2) is 5.43 Å². The number of nitrogens with two attached hydrogens (primary N) is 1. The molecule has 2 aromatic carbocycles. The minimum absolute atomic E-state index is 0.155. The lowest BCUT2D eigenvalue weighted by Crippen LogP contribution is -2.12. The van der Waals surface area contributed by atoms with Crippen molar-refractivity contribution >= 4 is 16.9 Å². The maximum absolute atomic E-state index is 12.0. The lowest BCUT2D eigenvalue weighted by Gasteiger charge is -2.17. The number of carbonyl (C=O) groups is 1. The Hall–Kier alpha value is -3.60. The molecule has 1 aliphatic heterocycles. The minimum Gasteiger partial charge on any atom is -0.497 e. The highest BCUT2D eigenvalue weighted by Gasteiger charge is 2.20. The second-order valence-electron chi connectivity index (χ2n) is 5.91. The van der Waals surface area contributed by atoms with E-state index in [2.05, 4.69) is 0 Å². The van der Waals surface area contributed by atoms with Gasteiger partial charge in [-0.2, -0.15) is 0 Å². The van der Waals surface area contributed by atoms with Crippen molar-refractivity contribution in [1.29, 1.82) is 0 Å². The summed E-state index contributed by atoms with van der Waals surface area (Å²) in [4.78, 5) is 23.8. The van der Waals surface area contributed by atoms with Gasteiger partial charge in [-0.05, 0) is 35.9 Å². The smallest absolute Gasteiger partial charge is 0.249 e. The number of primary amides is 1. The molecule has 5 heteroatoms. The molecular formula is C21H15NO4. The van der Waals surface area contributed by atoms with Crippen LogP contribution in [0.25, 0.3) is 33.4 Å². The fraction of sp³-hybridized carbons (Fsp3) is 0.0476. The molecule has 0 saturated heterocycles. The summed E-state index contributed by atoms with van der Waals surface area (Å²) in [5, 5.41) is 0.797. The first kappa shape index (κ1) is 15.9. The minimum atomic E-state index is -0.517. The summed E-state index contributed by atoms with van der Waals surface area (Å²) in [5.74, 6) is 0.553. The highest BCUT2D eigenvalue weighted by molar-refractivity contribution is 6.08. The molecule has 1 aliphatic carbocycles. The molecule has 4 rings (SSSR count). The van der Waals surface area contributed by atoms with E-state index in [1.165, 1.54) is 12.1 Å². The first-order valence-corrected chi connectivity index (χ1v) is 8.02. The van der Waals surface area contributed by atoms with Crippen LogP contribution in [0.2, 0.25) is 0 Å². The zero-order valence-corrected chi connectivity index (χ0v) is 14.0. The Morgan fingerprint density at radius 2 is 1.81 bits per heavy atom. The molecule has 2 N–H and O–H groups in total. The van der Waals surface area contributed by atoms with Crippen LogP contribution in [0.15, 0.2) is 69.9 Å². The summed E-state index contributed by atoms with van der Waals surface area (Å²) in [6.07, 6.45) is 0. The lowest BCUT2D eigenvalue weighted by atomic mass is 9.90. The monoisotopic (exact) mass is 345 g/mol. The van der Waals surface area contributed by atoms with Crippen molar-refractivity contribution in [2.24, 2.45) is 5.73 Å². The van der Waals surface area contributed by atoms with E-state index in [4.69, 9.17) is 14.9 Å². The van der Waals surface area contributed by atoms with E-state index in [0.29, 0.717) is 28.2 Å². The van der Waals surface area contributed by atoms with E-state index in [9.17, 15) is 9.59 Å². The van der Waals surface area contributed by atoms with Gasteiger partial charge in [0.1, 0.15) is 17.1 Å². The van der Waals surface area contributed by atoms with Gasteiger partial charge >= 0.3 is 0 Å². The summed E-state index contributed by atoms with van der Waals surface area (Å²) in [6.45, 7) is 0. The second-order valence-corrected chi connectivity index (χ2v) is 5.91. The molecule has 128 valence electrons. The first-order valence-electron chi connectivity index (χ1n) is 8.02. The van der Waals surface area contributed by atoms with Gasteiger partial charge in [0.25, 0.3) is 0 Å². The highest BCUT2D eigenvalue weighted by atomic mass is 16.5. The molecule has 2 aromatic rings. The van der Waals surface area contributed by atoms with Gasteiger partial charge in [-0.25, -0.2) is 0 Å². The SMILES string of the molecule is COc1ccc2c(-c3ccccc3C(N)=O)c3ccc(=O)cc-3oc2c1. The molecule has 0 spiro atoms. The van der Waals surface area contributed by atoms with Crippen molar-refractivity contribution in [2.75, 3.05) is 7.11 Å². The van der Waals surface area contributed by atoms with Crippen LogP contribution in [-0.4, -0.2) is 13.0 Å². The largest absolute Gasteiger partial charge is 0.497 e. The van der Waals surface area contributed by atoms with Crippen LogP contribution in [0, 0.1) is 0 Å². The molecule has 1 heterocycles. The number of hydrogen-bond acceptors (Lipinski definition) is 4. The van der Waals surface area contributed by atoms with Crippen LogP contribution in [0.4, 0.5) is 0 Å². The fourth-order valence-corrected chi connectivity index (χ4v) is 3.18. The van der Waals surface area contributed by atoms with Gasteiger partial charge in [0, 0.05) is 34.2 Å². The summed E-state index contributed by atoms with van der Waals surface area (Å²) in [6, 6.07) is 17.2. The van der Waals surface area contributed by atoms with E-state index in [-0.39, 0.29) is 5.43 Å². The Kier molecular flexibility index (Phi) is 3.69. The number of hydrogen-bond donors (Lipinski definition) is 1. The summed E-state index contributed by atoms with van der Waals surface area (Å²) in [7, 11) is 1.57. The third kappa shape index (κ3) is 2.50. The van der Waals surface area contributed by atoms with Crippen molar-refractivity contribution in [3.8, 4) is 28.2 Å². The van der Waals surface area contributed by atoms with Crippen LogP contribution >= 0.6 is 0 Å². The van der Waals surface area contributed by atoms with Crippen LogP contribution < -0.4 is 15.9 Å². The number of benzene rings is 3. The Bertz CT molecular complexity index is 1180. The normalized spacial score (nSPS) is 11.0. The van der Waals surface area contributed by atoms with E-state index in [1.807, 2.05) is 24.3 Å². The zero-order chi connectivity index (χ0) is 18.3. The molecule has 0 fully saturated rings. The molecular weight excluding hydrogens is 330 g/mol. The number of amides is 1. The topological polar surface area (TPSA) is 82.5 Å². The van der Waals surface area contributed by atoms with Crippen LogP contribution in [0.1, 0.15) is 10.4 Å². The average Bonchev–Trinajstić information content (AvgIpc) is 2.65. The fourth-order valence-electron chi connectivity index (χ4n) is 3.18. The van der Waals surface area contributed by atoms with E-state index in [0.717, 1.165) is 16.5 Å². The number of rotatable bonds is 3. The third-order valence-electron chi connectivity index (χ3n) is 4.36. The maximum atomic E-state index is 12.0. The summed E-state index contributed by atoms with van der Waals surface area (Å²) < 4.78 is 11.2. The molecule has 0 atom stereocenters. The van der Waals surface area contributed by atoms with E-state index >= 15 is 0 Å². The maximum Gasteiger partial charge on any atom is 0.249 e. The predicted octanol–water partition coefficient (Wildman–Crippen LogP) is 3.67.